The zero-order valence-electron chi connectivity index (χ0n) is 21.4. The van der Waals surface area contributed by atoms with Crippen LogP contribution in [0, 0.1) is 6.92 Å². The van der Waals surface area contributed by atoms with Crippen LogP contribution in [0.2, 0.25) is 0 Å². The third-order valence-electron chi connectivity index (χ3n) is 6.64. The molecule has 1 fully saturated rings. The van der Waals surface area contributed by atoms with Crippen molar-refractivity contribution >= 4 is 11.8 Å². The van der Waals surface area contributed by atoms with Crippen LogP contribution in [0.1, 0.15) is 76.5 Å². The van der Waals surface area contributed by atoms with Crippen LogP contribution in [0.5, 0.6) is 5.75 Å². The number of carbonyl (C=O) groups excluding carboxylic acids is 2. The van der Waals surface area contributed by atoms with Gasteiger partial charge in [0, 0.05) is 12.6 Å². The van der Waals surface area contributed by atoms with E-state index in [4.69, 9.17) is 4.74 Å². The minimum absolute atomic E-state index is 0.0950. The van der Waals surface area contributed by atoms with Crippen LogP contribution in [-0.2, 0) is 21.5 Å². The Balaban J connectivity index is 1.75. The number of aryl methyl sites for hydroxylation is 1. The zero-order valence-corrected chi connectivity index (χ0v) is 21.4. The maximum atomic E-state index is 13.4. The van der Waals surface area contributed by atoms with E-state index >= 15 is 0 Å². The number of nitrogens with zero attached hydrogens (tertiary/aromatic N) is 1. The monoisotopic (exact) mass is 464 g/mol. The average molecular weight is 465 g/mol. The van der Waals surface area contributed by atoms with Gasteiger partial charge in [0.1, 0.15) is 11.8 Å². The molecule has 5 heteroatoms. The van der Waals surface area contributed by atoms with Crippen molar-refractivity contribution in [1.29, 1.82) is 0 Å². The molecule has 2 aromatic carbocycles. The fourth-order valence-corrected chi connectivity index (χ4v) is 4.48. The topological polar surface area (TPSA) is 58.6 Å². The molecule has 2 amide bonds. The Morgan fingerprint density at radius 1 is 1.03 bits per heavy atom. The number of hydrogen-bond acceptors (Lipinski definition) is 3. The van der Waals surface area contributed by atoms with E-state index < -0.39 is 6.04 Å². The zero-order chi connectivity index (χ0) is 24.7. The van der Waals surface area contributed by atoms with Gasteiger partial charge >= 0.3 is 0 Å². The van der Waals surface area contributed by atoms with Gasteiger partial charge in [0.25, 0.3) is 5.91 Å². The second kappa shape index (κ2) is 11.5. The maximum absolute atomic E-state index is 13.4. The molecular formula is C29H40N2O3. The molecule has 0 heterocycles. The quantitative estimate of drug-likeness (QED) is 0.558. The Morgan fingerprint density at radius 3 is 2.32 bits per heavy atom. The molecule has 0 radical (unpaired) electrons. The SMILES string of the molecule is Cc1ccc(CN(C(=O)COc2ccccc2C(C)(C)C)[C@H](C)C(=O)NC2CCCCC2)cc1. The molecule has 1 N–H and O–H groups in total. The Morgan fingerprint density at radius 2 is 1.68 bits per heavy atom. The predicted octanol–water partition coefficient (Wildman–Crippen LogP) is 5.54. The number of rotatable bonds is 8. The summed E-state index contributed by atoms with van der Waals surface area (Å²) in [6, 6.07) is 15.5. The molecule has 184 valence electrons. The predicted molar refractivity (Wildman–Crippen MR) is 137 cm³/mol. The summed E-state index contributed by atoms with van der Waals surface area (Å²) in [5.74, 6) is 0.413. The van der Waals surface area contributed by atoms with Crippen molar-refractivity contribution in [2.24, 2.45) is 0 Å². The summed E-state index contributed by atoms with van der Waals surface area (Å²) in [7, 11) is 0. The minimum Gasteiger partial charge on any atom is -0.483 e. The molecule has 34 heavy (non-hydrogen) atoms. The van der Waals surface area contributed by atoms with Crippen molar-refractivity contribution in [3.8, 4) is 5.75 Å². The Kier molecular flexibility index (Phi) is 8.76. The normalized spacial score (nSPS) is 15.4. The second-order valence-corrected chi connectivity index (χ2v) is 10.6. The summed E-state index contributed by atoms with van der Waals surface area (Å²) in [5, 5.41) is 3.18. The van der Waals surface area contributed by atoms with Gasteiger partial charge in [-0.15, -0.1) is 0 Å². The van der Waals surface area contributed by atoms with Gasteiger partial charge in [-0.05, 0) is 49.3 Å². The molecule has 2 aromatic rings. The summed E-state index contributed by atoms with van der Waals surface area (Å²) >= 11 is 0. The number of amides is 2. The van der Waals surface area contributed by atoms with E-state index in [1.54, 1.807) is 4.90 Å². The summed E-state index contributed by atoms with van der Waals surface area (Å²) in [5.41, 5.74) is 3.10. The Hall–Kier alpha value is -2.82. The highest BCUT2D eigenvalue weighted by Crippen LogP contribution is 2.31. The van der Waals surface area contributed by atoms with E-state index in [1.165, 1.54) is 6.42 Å². The molecule has 0 aromatic heterocycles. The minimum atomic E-state index is -0.586. The second-order valence-electron chi connectivity index (χ2n) is 10.6. The lowest BCUT2D eigenvalue weighted by Gasteiger charge is -2.31. The van der Waals surface area contributed by atoms with Gasteiger partial charge in [0.05, 0.1) is 0 Å². The number of benzene rings is 2. The van der Waals surface area contributed by atoms with Crippen LogP contribution in [-0.4, -0.2) is 35.4 Å². The molecule has 1 aliphatic rings. The van der Waals surface area contributed by atoms with Crippen LogP contribution < -0.4 is 10.1 Å². The van der Waals surface area contributed by atoms with Crippen molar-refractivity contribution in [2.75, 3.05) is 6.61 Å². The third kappa shape index (κ3) is 7.09. The van der Waals surface area contributed by atoms with Gasteiger partial charge in [-0.2, -0.15) is 0 Å². The summed E-state index contributed by atoms with van der Waals surface area (Å²) < 4.78 is 6.02. The summed E-state index contributed by atoms with van der Waals surface area (Å²) in [6.07, 6.45) is 5.54. The lowest BCUT2D eigenvalue weighted by atomic mass is 9.86. The van der Waals surface area contributed by atoms with E-state index in [1.807, 2.05) is 62.4 Å². The number of carbonyl (C=O) groups is 2. The first-order valence-corrected chi connectivity index (χ1v) is 12.5. The maximum Gasteiger partial charge on any atom is 0.261 e. The number of hydrogen-bond donors (Lipinski definition) is 1. The standard InChI is InChI=1S/C29H40N2O3/c1-21-15-17-23(18-16-21)19-31(22(2)28(33)30-24-11-7-6-8-12-24)27(32)20-34-26-14-10-9-13-25(26)29(3,4)5/h9-10,13-18,22,24H,6-8,11-12,19-20H2,1-5H3,(H,30,33)/t22-/m1/s1. The van der Waals surface area contributed by atoms with Gasteiger partial charge in [0.15, 0.2) is 6.61 Å². The fraction of sp³-hybridized carbons (Fsp3) is 0.517. The molecule has 3 rings (SSSR count). The average Bonchev–Trinajstić information content (AvgIpc) is 2.82. The van der Waals surface area contributed by atoms with Gasteiger partial charge in [-0.25, -0.2) is 0 Å². The van der Waals surface area contributed by atoms with E-state index in [0.717, 1.165) is 42.4 Å². The number of nitrogens with one attached hydrogen (secondary N) is 1. The van der Waals surface area contributed by atoms with Crippen LogP contribution in [0.25, 0.3) is 0 Å². The molecule has 0 unspecified atom stereocenters. The van der Waals surface area contributed by atoms with Crippen LogP contribution in [0.3, 0.4) is 0 Å². The summed E-state index contributed by atoms with van der Waals surface area (Å²) in [6.45, 7) is 10.5. The van der Waals surface area contributed by atoms with E-state index in [0.29, 0.717) is 12.3 Å². The van der Waals surface area contributed by atoms with Gasteiger partial charge in [-0.1, -0.05) is 88.1 Å². The van der Waals surface area contributed by atoms with Crippen molar-refractivity contribution in [2.45, 2.75) is 90.8 Å². The number of ether oxygens (including phenoxy) is 1. The Bertz CT molecular complexity index is 956. The molecule has 0 bridgehead atoms. The van der Waals surface area contributed by atoms with Gasteiger partial charge in [-0.3, -0.25) is 9.59 Å². The van der Waals surface area contributed by atoms with E-state index in [9.17, 15) is 9.59 Å². The van der Waals surface area contributed by atoms with Crippen LogP contribution in [0.15, 0.2) is 48.5 Å². The molecular weight excluding hydrogens is 424 g/mol. The largest absolute Gasteiger partial charge is 0.483 e. The first-order valence-electron chi connectivity index (χ1n) is 12.5. The van der Waals surface area contributed by atoms with Crippen molar-refractivity contribution in [3.63, 3.8) is 0 Å². The highest BCUT2D eigenvalue weighted by atomic mass is 16.5. The van der Waals surface area contributed by atoms with E-state index in [2.05, 4.69) is 26.1 Å². The molecule has 0 aliphatic heterocycles. The van der Waals surface area contributed by atoms with E-state index in [-0.39, 0.29) is 29.9 Å². The molecule has 1 saturated carbocycles. The van der Waals surface area contributed by atoms with Crippen LogP contribution >= 0.6 is 0 Å². The highest BCUT2D eigenvalue weighted by molar-refractivity contribution is 5.88. The fourth-order valence-electron chi connectivity index (χ4n) is 4.48. The van der Waals surface area contributed by atoms with Crippen molar-refractivity contribution < 1.29 is 14.3 Å². The molecule has 0 saturated heterocycles. The molecule has 1 atom stereocenters. The van der Waals surface area contributed by atoms with Crippen LogP contribution in [0.4, 0.5) is 0 Å². The molecule has 5 nitrogen and oxygen atoms in total. The highest BCUT2D eigenvalue weighted by Gasteiger charge is 2.29. The van der Waals surface area contributed by atoms with Gasteiger partial charge < -0.3 is 15.0 Å². The van der Waals surface area contributed by atoms with Crippen molar-refractivity contribution in [3.05, 3.63) is 65.2 Å². The smallest absolute Gasteiger partial charge is 0.261 e. The lowest BCUT2D eigenvalue weighted by molar-refractivity contribution is -0.142. The lowest BCUT2D eigenvalue weighted by Crippen LogP contribution is -2.51. The first kappa shape index (κ1) is 25.8. The Labute approximate surface area is 204 Å². The first-order chi connectivity index (χ1) is 16.1. The van der Waals surface area contributed by atoms with Crippen molar-refractivity contribution in [1.82, 2.24) is 10.2 Å². The molecule has 1 aliphatic carbocycles. The summed E-state index contributed by atoms with van der Waals surface area (Å²) in [4.78, 5) is 28.2. The number of para-hydroxylation sites is 1. The third-order valence-corrected chi connectivity index (χ3v) is 6.64. The van der Waals surface area contributed by atoms with Gasteiger partial charge in [0.2, 0.25) is 5.91 Å². The molecule has 0 spiro atoms.